The third-order valence-corrected chi connectivity index (χ3v) is 4.06. The summed E-state index contributed by atoms with van der Waals surface area (Å²) in [5.41, 5.74) is 1.14. The van der Waals surface area contributed by atoms with Crippen molar-refractivity contribution in [1.82, 2.24) is 15.5 Å². The Kier molecular flexibility index (Phi) is 14.5. The standard InChI is InChI=1S/C20H36N4O.HI/c1-6-7-8-11-17(2)23-20(21-3)22-16-18-12-9-10-13-19(18)25-15-14-24(4)5;/h9-10,12-13,17H,6-8,11,14-16H2,1-5H3,(H2,21,22,23);1H. The van der Waals surface area contributed by atoms with E-state index in [-0.39, 0.29) is 24.0 Å². The molecular formula is C20H37IN4O. The molecule has 0 spiro atoms. The van der Waals surface area contributed by atoms with Crippen molar-refractivity contribution in [3.05, 3.63) is 29.8 Å². The maximum absolute atomic E-state index is 5.92. The molecule has 0 aliphatic rings. The van der Waals surface area contributed by atoms with E-state index in [1.54, 1.807) is 0 Å². The Bertz CT molecular complexity index is 508. The highest BCUT2D eigenvalue weighted by Crippen LogP contribution is 2.17. The molecule has 1 unspecified atom stereocenters. The molecule has 0 aliphatic carbocycles. The zero-order valence-electron chi connectivity index (χ0n) is 17.0. The van der Waals surface area contributed by atoms with Gasteiger partial charge < -0.3 is 20.3 Å². The topological polar surface area (TPSA) is 48.9 Å². The number of likely N-dealkylation sites (N-methyl/N-ethyl adjacent to an activating group) is 1. The summed E-state index contributed by atoms with van der Waals surface area (Å²) < 4.78 is 5.92. The Balaban J connectivity index is 0.00000625. The third kappa shape index (κ3) is 10.9. The first-order valence-electron chi connectivity index (χ1n) is 9.39. The number of para-hydroxylation sites is 1. The Morgan fingerprint density at radius 3 is 2.62 bits per heavy atom. The van der Waals surface area contributed by atoms with Crippen LogP contribution in [-0.2, 0) is 6.54 Å². The number of halogens is 1. The highest BCUT2D eigenvalue weighted by molar-refractivity contribution is 14.0. The summed E-state index contributed by atoms with van der Waals surface area (Å²) in [6.07, 6.45) is 4.96. The molecule has 0 saturated carbocycles. The first-order chi connectivity index (χ1) is 12.1. The van der Waals surface area contributed by atoms with E-state index >= 15 is 0 Å². The second-order valence-corrected chi connectivity index (χ2v) is 6.73. The highest BCUT2D eigenvalue weighted by atomic mass is 127. The normalized spacial score (nSPS) is 12.5. The van der Waals surface area contributed by atoms with Gasteiger partial charge in [-0.1, -0.05) is 44.4 Å². The first kappa shape index (κ1) is 25.0. The number of nitrogens with one attached hydrogen (secondary N) is 2. The molecule has 2 N–H and O–H groups in total. The molecule has 0 aliphatic heterocycles. The van der Waals surface area contributed by atoms with Crippen molar-refractivity contribution in [2.75, 3.05) is 34.3 Å². The minimum atomic E-state index is 0. The summed E-state index contributed by atoms with van der Waals surface area (Å²) in [6.45, 7) is 6.72. The third-order valence-electron chi connectivity index (χ3n) is 4.06. The molecule has 0 aromatic heterocycles. The van der Waals surface area contributed by atoms with Crippen LogP contribution in [0.1, 0.15) is 45.1 Å². The van der Waals surface area contributed by atoms with Gasteiger partial charge in [-0.05, 0) is 33.5 Å². The minimum absolute atomic E-state index is 0. The van der Waals surface area contributed by atoms with Crippen LogP contribution in [0.4, 0.5) is 0 Å². The fraction of sp³-hybridized carbons (Fsp3) is 0.650. The van der Waals surface area contributed by atoms with Crippen LogP contribution in [0.3, 0.4) is 0 Å². The van der Waals surface area contributed by atoms with Crippen molar-refractivity contribution in [2.45, 2.75) is 52.1 Å². The van der Waals surface area contributed by atoms with Gasteiger partial charge in [0.15, 0.2) is 5.96 Å². The number of rotatable bonds is 11. The van der Waals surface area contributed by atoms with Gasteiger partial charge in [-0.25, -0.2) is 0 Å². The molecule has 6 heteroatoms. The number of guanidine groups is 1. The molecule has 0 fully saturated rings. The maximum atomic E-state index is 5.92. The number of nitrogens with zero attached hydrogens (tertiary/aromatic N) is 2. The fourth-order valence-electron chi connectivity index (χ4n) is 2.51. The monoisotopic (exact) mass is 476 g/mol. The number of unbranched alkanes of at least 4 members (excludes halogenated alkanes) is 2. The van der Waals surface area contributed by atoms with Crippen LogP contribution in [0.5, 0.6) is 5.75 Å². The van der Waals surface area contributed by atoms with Crippen LogP contribution in [0.15, 0.2) is 29.3 Å². The molecule has 1 aromatic rings. The van der Waals surface area contributed by atoms with Gasteiger partial charge in [-0.15, -0.1) is 24.0 Å². The Hall–Kier alpha value is -1.02. The Morgan fingerprint density at radius 2 is 1.96 bits per heavy atom. The van der Waals surface area contributed by atoms with E-state index in [9.17, 15) is 0 Å². The van der Waals surface area contributed by atoms with Crippen molar-refractivity contribution in [1.29, 1.82) is 0 Å². The zero-order valence-corrected chi connectivity index (χ0v) is 19.4. The average Bonchev–Trinajstić information content (AvgIpc) is 2.59. The second-order valence-electron chi connectivity index (χ2n) is 6.73. The van der Waals surface area contributed by atoms with Crippen LogP contribution in [-0.4, -0.2) is 51.2 Å². The molecule has 1 rings (SSSR count). The Labute approximate surface area is 177 Å². The minimum Gasteiger partial charge on any atom is -0.492 e. The Morgan fingerprint density at radius 1 is 1.23 bits per heavy atom. The van der Waals surface area contributed by atoms with Crippen molar-refractivity contribution in [2.24, 2.45) is 4.99 Å². The van der Waals surface area contributed by atoms with Crippen molar-refractivity contribution in [3.8, 4) is 5.75 Å². The highest BCUT2D eigenvalue weighted by Gasteiger charge is 2.07. The predicted octanol–water partition coefficient (Wildman–Crippen LogP) is 3.88. The van der Waals surface area contributed by atoms with Gasteiger partial charge in [0.25, 0.3) is 0 Å². The van der Waals surface area contributed by atoms with E-state index in [4.69, 9.17) is 4.74 Å². The molecule has 0 radical (unpaired) electrons. The number of ether oxygens (including phenoxy) is 1. The molecule has 150 valence electrons. The summed E-state index contributed by atoms with van der Waals surface area (Å²) in [7, 11) is 5.91. The largest absolute Gasteiger partial charge is 0.492 e. The summed E-state index contributed by atoms with van der Waals surface area (Å²) in [5.74, 6) is 1.77. The van der Waals surface area contributed by atoms with Gasteiger partial charge >= 0.3 is 0 Å². The summed E-state index contributed by atoms with van der Waals surface area (Å²) >= 11 is 0. The number of benzene rings is 1. The molecule has 1 aromatic carbocycles. The smallest absolute Gasteiger partial charge is 0.191 e. The van der Waals surface area contributed by atoms with E-state index in [2.05, 4.69) is 40.4 Å². The quantitative estimate of drug-likeness (QED) is 0.220. The van der Waals surface area contributed by atoms with E-state index in [0.717, 1.165) is 23.8 Å². The van der Waals surface area contributed by atoms with Crippen molar-refractivity contribution in [3.63, 3.8) is 0 Å². The van der Waals surface area contributed by atoms with Gasteiger partial charge in [-0.3, -0.25) is 4.99 Å². The van der Waals surface area contributed by atoms with Crippen LogP contribution < -0.4 is 15.4 Å². The molecule has 26 heavy (non-hydrogen) atoms. The molecule has 0 saturated heterocycles. The number of hydrogen-bond acceptors (Lipinski definition) is 3. The van der Waals surface area contributed by atoms with E-state index < -0.39 is 0 Å². The molecule has 0 amide bonds. The van der Waals surface area contributed by atoms with Crippen molar-refractivity contribution >= 4 is 29.9 Å². The lowest BCUT2D eigenvalue weighted by molar-refractivity contribution is 0.259. The van der Waals surface area contributed by atoms with E-state index in [1.807, 2.05) is 39.3 Å². The summed E-state index contributed by atoms with van der Waals surface area (Å²) in [5, 5.41) is 6.86. The average molecular weight is 476 g/mol. The van der Waals surface area contributed by atoms with Crippen LogP contribution in [0.2, 0.25) is 0 Å². The molecular weight excluding hydrogens is 439 g/mol. The van der Waals surface area contributed by atoms with E-state index in [1.165, 1.54) is 25.7 Å². The number of hydrogen-bond donors (Lipinski definition) is 2. The van der Waals surface area contributed by atoms with Gasteiger partial charge in [-0.2, -0.15) is 0 Å². The van der Waals surface area contributed by atoms with E-state index in [0.29, 0.717) is 19.2 Å². The van der Waals surface area contributed by atoms with Gasteiger partial charge in [0.2, 0.25) is 0 Å². The number of aliphatic imine (C=N–C) groups is 1. The second kappa shape index (κ2) is 15.1. The lowest BCUT2D eigenvalue weighted by atomic mass is 10.1. The summed E-state index contributed by atoms with van der Waals surface area (Å²) in [4.78, 5) is 6.45. The zero-order chi connectivity index (χ0) is 18.5. The summed E-state index contributed by atoms with van der Waals surface area (Å²) in [6, 6.07) is 8.59. The van der Waals surface area contributed by atoms with Crippen molar-refractivity contribution < 1.29 is 4.74 Å². The van der Waals surface area contributed by atoms with Crippen LogP contribution in [0, 0.1) is 0 Å². The van der Waals surface area contributed by atoms with Gasteiger partial charge in [0.05, 0.1) is 0 Å². The maximum Gasteiger partial charge on any atom is 0.191 e. The molecule has 0 heterocycles. The van der Waals surface area contributed by atoms with Gasteiger partial charge in [0.1, 0.15) is 12.4 Å². The van der Waals surface area contributed by atoms with Crippen LogP contribution >= 0.6 is 24.0 Å². The lowest BCUT2D eigenvalue weighted by Crippen LogP contribution is -2.41. The molecule has 5 nitrogen and oxygen atoms in total. The fourth-order valence-corrected chi connectivity index (χ4v) is 2.51. The first-order valence-corrected chi connectivity index (χ1v) is 9.39. The SMILES string of the molecule is CCCCCC(C)NC(=NC)NCc1ccccc1OCCN(C)C.I. The predicted molar refractivity (Wildman–Crippen MR) is 123 cm³/mol. The molecule has 0 bridgehead atoms. The van der Waals surface area contributed by atoms with Gasteiger partial charge in [0, 0.05) is 31.7 Å². The lowest BCUT2D eigenvalue weighted by Gasteiger charge is -2.19. The van der Waals surface area contributed by atoms with Crippen LogP contribution in [0.25, 0.3) is 0 Å². The molecule has 1 atom stereocenters.